The molecule has 1 saturated heterocycles. The van der Waals surface area contributed by atoms with E-state index < -0.39 is 0 Å². The number of nitrogens with zero attached hydrogens (tertiary/aromatic N) is 3. The Hall–Kier alpha value is -2.50. The largest absolute Gasteiger partial charge is 0.485 e. The molecule has 2 aromatic heterocycles. The van der Waals surface area contributed by atoms with Crippen molar-refractivity contribution >= 4 is 11.7 Å². The molecule has 3 rings (SSSR count). The average molecular weight is 329 g/mol. The molecular weight excluding hydrogens is 306 g/mol. The number of hydrogen-bond donors (Lipinski definition) is 0. The Morgan fingerprint density at radius 1 is 1.46 bits per heavy atom. The molecule has 128 valence electrons. The van der Waals surface area contributed by atoms with E-state index in [-0.39, 0.29) is 12.0 Å². The molecule has 24 heavy (non-hydrogen) atoms. The van der Waals surface area contributed by atoms with Gasteiger partial charge in [-0.05, 0) is 30.2 Å². The van der Waals surface area contributed by atoms with Crippen LogP contribution >= 0.6 is 0 Å². The van der Waals surface area contributed by atoms with Crippen molar-refractivity contribution in [2.24, 2.45) is 0 Å². The molecule has 3 heterocycles. The second kappa shape index (κ2) is 7.38. The third kappa shape index (κ3) is 3.88. The Labute approximate surface area is 142 Å². The van der Waals surface area contributed by atoms with Crippen LogP contribution in [0.3, 0.4) is 0 Å². The van der Waals surface area contributed by atoms with Crippen molar-refractivity contribution < 1.29 is 13.9 Å². The lowest BCUT2D eigenvalue weighted by Crippen LogP contribution is -2.31. The number of aryl methyl sites for hydroxylation is 1. The summed E-state index contributed by atoms with van der Waals surface area (Å²) in [5.41, 5.74) is 1.06. The summed E-state index contributed by atoms with van der Waals surface area (Å²) in [5, 5.41) is 0. The number of likely N-dealkylation sites (tertiary alicyclic amines) is 1. The van der Waals surface area contributed by atoms with Gasteiger partial charge in [0.05, 0.1) is 19.1 Å². The molecule has 0 spiro atoms. The standard InChI is InChI=1S/C18H23N3O3/c1-20(2)18-16(4-3-9-19-18)24-15-7-10-21(12-15)17(22)6-5-14-8-11-23-13-14/h3-4,8-9,11,13,15H,5-7,10,12H2,1-2H3/t15-/m1/s1. The highest BCUT2D eigenvalue weighted by atomic mass is 16.5. The SMILES string of the molecule is CN(C)c1ncccc1O[C@@H]1CCN(C(=O)CCc2ccoc2)C1. The molecule has 0 radical (unpaired) electrons. The number of ether oxygens (including phenoxy) is 1. The van der Waals surface area contributed by atoms with E-state index in [0.717, 1.165) is 30.1 Å². The minimum Gasteiger partial charge on any atom is -0.485 e. The van der Waals surface area contributed by atoms with Gasteiger partial charge in [-0.15, -0.1) is 0 Å². The van der Waals surface area contributed by atoms with Crippen molar-refractivity contribution in [1.82, 2.24) is 9.88 Å². The molecule has 0 N–H and O–H groups in total. The molecule has 1 fully saturated rings. The molecule has 1 atom stereocenters. The highest BCUT2D eigenvalue weighted by molar-refractivity contribution is 5.76. The van der Waals surface area contributed by atoms with Crippen LogP contribution in [0.5, 0.6) is 5.75 Å². The smallest absolute Gasteiger partial charge is 0.223 e. The minimum absolute atomic E-state index is 0.0192. The summed E-state index contributed by atoms with van der Waals surface area (Å²) in [6.07, 6.45) is 7.16. The number of aromatic nitrogens is 1. The van der Waals surface area contributed by atoms with Crippen LogP contribution in [0.25, 0.3) is 0 Å². The summed E-state index contributed by atoms with van der Waals surface area (Å²) < 4.78 is 11.1. The van der Waals surface area contributed by atoms with Crippen molar-refractivity contribution in [2.45, 2.75) is 25.4 Å². The van der Waals surface area contributed by atoms with Gasteiger partial charge in [0.25, 0.3) is 0 Å². The Morgan fingerprint density at radius 3 is 3.08 bits per heavy atom. The van der Waals surface area contributed by atoms with Gasteiger partial charge >= 0.3 is 0 Å². The normalized spacial score (nSPS) is 17.1. The quantitative estimate of drug-likeness (QED) is 0.814. The molecule has 1 aliphatic heterocycles. The Morgan fingerprint density at radius 2 is 2.33 bits per heavy atom. The zero-order valence-electron chi connectivity index (χ0n) is 14.1. The molecule has 1 amide bonds. The number of hydrogen-bond acceptors (Lipinski definition) is 5. The molecular formula is C18H23N3O3. The molecule has 2 aromatic rings. The molecule has 0 saturated carbocycles. The summed E-state index contributed by atoms with van der Waals surface area (Å²) in [6.45, 7) is 1.37. The predicted molar refractivity (Wildman–Crippen MR) is 91.2 cm³/mol. The monoisotopic (exact) mass is 329 g/mol. The van der Waals surface area contributed by atoms with E-state index in [1.807, 2.05) is 42.1 Å². The van der Waals surface area contributed by atoms with Gasteiger partial charge in [0.15, 0.2) is 11.6 Å². The average Bonchev–Trinajstić information content (AvgIpc) is 3.24. The van der Waals surface area contributed by atoms with Crippen LogP contribution in [-0.4, -0.2) is 49.1 Å². The number of amides is 1. The van der Waals surface area contributed by atoms with E-state index in [2.05, 4.69) is 4.98 Å². The van der Waals surface area contributed by atoms with Gasteiger partial charge in [0, 0.05) is 39.7 Å². The molecule has 0 unspecified atom stereocenters. The number of furan rings is 1. The van der Waals surface area contributed by atoms with Gasteiger partial charge < -0.3 is 19.0 Å². The van der Waals surface area contributed by atoms with E-state index in [1.54, 1.807) is 18.7 Å². The lowest BCUT2D eigenvalue weighted by atomic mass is 10.2. The summed E-state index contributed by atoms with van der Waals surface area (Å²) in [7, 11) is 3.88. The molecule has 6 nitrogen and oxygen atoms in total. The molecule has 6 heteroatoms. The van der Waals surface area contributed by atoms with E-state index in [9.17, 15) is 4.79 Å². The fourth-order valence-corrected chi connectivity index (χ4v) is 2.88. The fraction of sp³-hybridized carbons (Fsp3) is 0.444. The van der Waals surface area contributed by atoms with Gasteiger partial charge in [-0.1, -0.05) is 0 Å². The zero-order valence-corrected chi connectivity index (χ0v) is 14.1. The lowest BCUT2D eigenvalue weighted by Gasteiger charge is -2.20. The highest BCUT2D eigenvalue weighted by Crippen LogP contribution is 2.26. The Bertz CT molecular complexity index is 670. The van der Waals surface area contributed by atoms with E-state index in [0.29, 0.717) is 19.4 Å². The van der Waals surface area contributed by atoms with E-state index in [4.69, 9.17) is 9.15 Å². The van der Waals surface area contributed by atoms with Gasteiger partial charge in [-0.2, -0.15) is 0 Å². The first-order chi connectivity index (χ1) is 11.6. The Kier molecular flexibility index (Phi) is 5.03. The fourth-order valence-electron chi connectivity index (χ4n) is 2.88. The molecule has 1 aliphatic rings. The van der Waals surface area contributed by atoms with Crippen LogP contribution in [0, 0.1) is 0 Å². The lowest BCUT2D eigenvalue weighted by molar-refractivity contribution is -0.130. The summed E-state index contributed by atoms with van der Waals surface area (Å²) in [6, 6.07) is 5.69. The van der Waals surface area contributed by atoms with Crippen LogP contribution in [0.2, 0.25) is 0 Å². The first-order valence-corrected chi connectivity index (χ1v) is 8.21. The van der Waals surface area contributed by atoms with Gasteiger partial charge in [0.2, 0.25) is 5.91 Å². The second-order valence-corrected chi connectivity index (χ2v) is 6.22. The number of anilines is 1. The third-order valence-corrected chi connectivity index (χ3v) is 4.17. The van der Waals surface area contributed by atoms with Crippen LogP contribution in [0.4, 0.5) is 5.82 Å². The topological polar surface area (TPSA) is 58.8 Å². The summed E-state index contributed by atoms with van der Waals surface area (Å²) in [4.78, 5) is 20.5. The molecule has 0 aliphatic carbocycles. The first-order valence-electron chi connectivity index (χ1n) is 8.21. The van der Waals surface area contributed by atoms with Crippen LogP contribution < -0.4 is 9.64 Å². The zero-order chi connectivity index (χ0) is 16.9. The first kappa shape index (κ1) is 16.4. The maximum Gasteiger partial charge on any atom is 0.223 e. The van der Waals surface area contributed by atoms with Crippen LogP contribution in [0.1, 0.15) is 18.4 Å². The predicted octanol–water partition coefficient (Wildman–Crippen LogP) is 2.35. The van der Waals surface area contributed by atoms with Crippen LogP contribution in [-0.2, 0) is 11.2 Å². The molecule has 0 bridgehead atoms. The van der Waals surface area contributed by atoms with Gasteiger partial charge in [0.1, 0.15) is 6.10 Å². The maximum absolute atomic E-state index is 12.3. The van der Waals surface area contributed by atoms with E-state index >= 15 is 0 Å². The Balaban J connectivity index is 1.53. The number of rotatable bonds is 6. The number of pyridine rings is 1. The number of carbonyl (C=O) groups excluding carboxylic acids is 1. The van der Waals surface area contributed by atoms with Gasteiger partial charge in [-0.3, -0.25) is 4.79 Å². The van der Waals surface area contributed by atoms with Crippen molar-refractivity contribution in [3.05, 3.63) is 42.5 Å². The van der Waals surface area contributed by atoms with Crippen molar-refractivity contribution in [2.75, 3.05) is 32.1 Å². The highest BCUT2D eigenvalue weighted by Gasteiger charge is 2.28. The number of carbonyl (C=O) groups is 1. The van der Waals surface area contributed by atoms with Gasteiger partial charge in [-0.25, -0.2) is 4.98 Å². The van der Waals surface area contributed by atoms with Crippen molar-refractivity contribution in [1.29, 1.82) is 0 Å². The third-order valence-electron chi connectivity index (χ3n) is 4.17. The second-order valence-electron chi connectivity index (χ2n) is 6.22. The maximum atomic E-state index is 12.3. The van der Waals surface area contributed by atoms with Crippen molar-refractivity contribution in [3.63, 3.8) is 0 Å². The summed E-state index contributed by atoms with van der Waals surface area (Å²) >= 11 is 0. The van der Waals surface area contributed by atoms with E-state index in [1.165, 1.54) is 0 Å². The van der Waals surface area contributed by atoms with Crippen LogP contribution in [0.15, 0.2) is 41.3 Å². The van der Waals surface area contributed by atoms with Crippen molar-refractivity contribution in [3.8, 4) is 5.75 Å². The molecule has 0 aromatic carbocycles. The summed E-state index contributed by atoms with van der Waals surface area (Å²) in [5.74, 6) is 1.74. The minimum atomic E-state index is 0.0192.